The smallest absolute Gasteiger partial charge is 0.161 e. The Bertz CT molecular complexity index is 725. The third-order valence-electron chi connectivity index (χ3n) is 3.51. The Hall–Kier alpha value is -2.36. The van der Waals surface area contributed by atoms with Crippen LogP contribution in [0.15, 0.2) is 30.5 Å². The molecule has 118 valence electrons. The molecule has 7 heteroatoms. The molecule has 2 N–H and O–H groups in total. The number of nitrogens with one attached hydrogen (secondary N) is 2. The van der Waals surface area contributed by atoms with Gasteiger partial charge < -0.3 is 15.4 Å². The Labute approximate surface area is 139 Å². The first-order valence-corrected chi connectivity index (χ1v) is 7.75. The Balaban J connectivity index is 1.63. The van der Waals surface area contributed by atoms with Crippen LogP contribution in [0.2, 0.25) is 5.02 Å². The molecule has 0 saturated carbocycles. The minimum atomic E-state index is 0.204. The third kappa shape index (κ3) is 4.09. The predicted molar refractivity (Wildman–Crippen MR) is 87.4 cm³/mol. The number of aromatic nitrogens is 2. The molecule has 2 aromatic heterocycles. The van der Waals surface area contributed by atoms with Gasteiger partial charge in [-0.15, -0.1) is 0 Å². The SMILES string of the molecule is N#Cc1nc(NCc2cc(OC3CCNC3)ccn2)ccc1Cl. The van der Waals surface area contributed by atoms with E-state index in [9.17, 15) is 0 Å². The lowest BCUT2D eigenvalue weighted by atomic mass is 10.3. The molecule has 1 aliphatic rings. The van der Waals surface area contributed by atoms with Crippen LogP contribution in [-0.2, 0) is 6.54 Å². The summed E-state index contributed by atoms with van der Waals surface area (Å²) in [6.07, 6.45) is 2.96. The maximum Gasteiger partial charge on any atom is 0.161 e. The van der Waals surface area contributed by atoms with Crippen molar-refractivity contribution < 1.29 is 4.74 Å². The molecule has 0 amide bonds. The summed E-state index contributed by atoms with van der Waals surface area (Å²) in [5, 5.41) is 15.7. The van der Waals surface area contributed by atoms with Crippen LogP contribution in [-0.4, -0.2) is 29.2 Å². The van der Waals surface area contributed by atoms with Crippen LogP contribution in [0.25, 0.3) is 0 Å². The lowest BCUT2D eigenvalue weighted by Crippen LogP contribution is -2.19. The van der Waals surface area contributed by atoms with E-state index in [4.69, 9.17) is 21.6 Å². The zero-order chi connectivity index (χ0) is 16.1. The minimum Gasteiger partial charge on any atom is -0.489 e. The monoisotopic (exact) mass is 329 g/mol. The van der Waals surface area contributed by atoms with Crippen molar-refractivity contribution in [2.75, 3.05) is 18.4 Å². The summed E-state index contributed by atoms with van der Waals surface area (Å²) < 4.78 is 5.91. The molecule has 1 unspecified atom stereocenters. The van der Waals surface area contributed by atoms with Crippen LogP contribution in [0.1, 0.15) is 17.8 Å². The normalized spacial score (nSPS) is 16.8. The van der Waals surface area contributed by atoms with E-state index in [1.165, 1.54) is 0 Å². The maximum absolute atomic E-state index is 8.94. The second-order valence-electron chi connectivity index (χ2n) is 5.21. The third-order valence-corrected chi connectivity index (χ3v) is 3.81. The average Bonchev–Trinajstić information content (AvgIpc) is 3.07. The van der Waals surface area contributed by atoms with Crippen molar-refractivity contribution in [3.05, 3.63) is 46.9 Å². The Morgan fingerprint density at radius 2 is 2.35 bits per heavy atom. The van der Waals surface area contributed by atoms with E-state index in [0.717, 1.165) is 31.0 Å². The van der Waals surface area contributed by atoms with E-state index in [1.54, 1.807) is 18.3 Å². The molecule has 0 spiro atoms. The molecule has 1 saturated heterocycles. The van der Waals surface area contributed by atoms with Crippen LogP contribution in [0, 0.1) is 11.3 Å². The van der Waals surface area contributed by atoms with Gasteiger partial charge in [0, 0.05) is 18.8 Å². The quantitative estimate of drug-likeness (QED) is 0.876. The van der Waals surface area contributed by atoms with Gasteiger partial charge in [0.05, 0.1) is 17.3 Å². The van der Waals surface area contributed by atoms with Crippen molar-refractivity contribution in [3.63, 3.8) is 0 Å². The van der Waals surface area contributed by atoms with E-state index in [0.29, 0.717) is 17.4 Å². The Morgan fingerprint density at radius 1 is 1.43 bits per heavy atom. The molecule has 0 radical (unpaired) electrons. The molecule has 1 aliphatic heterocycles. The molecule has 3 heterocycles. The van der Waals surface area contributed by atoms with Gasteiger partial charge in [0.15, 0.2) is 5.69 Å². The van der Waals surface area contributed by atoms with Crippen LogP contribution in [0.3, 0.4) is 0 Å². The second kappa shape index (κ2) is 7.27. The van der Waals surface area contributed by atoms with Crippen molar-refractivity contribution in [1.29, 1.82) is 5.26 Å². The molecule has 1 atom stereocenters. The predicted octanol–water partition coefficient (Wildman–Crippen LogP) is 2.35. The number of hydrogen-bond donors (Lipinski definition) is 2. The highest BCUT2D eigenvalue weighted by Crippen LogP contribution is 2.18. The van der Waals surface area contributed by atoms with Crippen molar-refractivity contribution in [1.82, 2.24) is 15.3 Å². The van der Waals surface area contributed by atoms with Gasteiger partial charge in [-0.3, -0.25) is 4.98 Å². The van der Waals surface area contributed by atoms with E-state index in [2.05, 4.69) is 20.6 Å². The fourth-order valence-corrected chi connectivity index (χ4v) is 2.49. The van der Waals surface area contributed by atoms with Crippen molar-refractivity contribution in [2.24, 2.45) is 0 Å². The largest absolute Gasteiger partial charge is 0.489 e. The van der Waals surface area contributed by atoms with Crippen molar-refractivity contribution in [2.45, 2.75) is 19.1 Å². The molecule has 0 aliphatic carbocycles. The molecular weight excluding hydrogens is 314 g/mol. The first kappa shape index (κ1) is 15.5. The number of rotatable bonds is 5. The number of halogens is 1. The molecule has 3 rings (SSSR count). The summed E-state index contributed by atoms with van der Waals surface area (Å²) in [4.78, 5) is 8.45. The molecule has 1 fully saturated rings. The van der Waals surface area contributed by atoms with Crippen molar-refractivity contribution in [3.8, 4) is 11.8 Å². The fraction of sp³-hybridized carbons (Fsp3) is 0.312. The van der Waals surface area contributed by atoms with Crippen LogP contribution in [0.5, 0.6) is 5.75 Å². The topological polar surface area (TPSA) is 82.9 Å². The molecule has 23 heavy (non-hydrogen) atoms. The van der Waals surface area contributed by atoms with Gasteiger partial charge >= 0.3 is 0 Å². The zero-order valence-corrected chi connectivity index (χ0v) is 13.2. The average molecular weight is 330 g/mol. The lowest BCUT2D eigenvalue weighted by Gasteiger charge is -2.13. The van der Waals surface area contributed by atoms with Gasteiger partial charge in [-0.25, -0.2) is 4.98 Å². The summed E-state index contributed by atoms with van der Waals surface area (Å²) in [6.45, 7) is 2.36. The minimum absolute atomic E-state index is 0.204. The molecule has 6 nitrogen and oxygen atoms in total. The van der Waals surface area contributed by atoms with Gasteiger partial charge in [-0.1, -0.05) is 11.6 Å². The number of anilines is 1. The Morgan fingerprint density at radius 3 is 3.13 bits per heavy atom. The van der Waals surface area contributed by atoms with Gasteiger partial charge in [0.1, 0.15) is 23.7 Å². The van der Waals surface area contributed by atoms with Crippen LogP contribution in [0.4, 0.5) is 5.82 Å². The first-order valence-electron chi connectivity index (χ1n) is 7.37. The standard InChI is InChI=1S/C16H16ClN5O/c17-14-1-2-16(22-15(14)8-18)21-9-11-7-12(4-6-20-11)23-13-3-5-19-10-13/h1-2,4,6-7,13,19H,3,5,9-10H2,(H,21,22). The van der Waals surface area contributed by atoms with Crippen LogP contribution < -0.4 is 15.4 Å². The van der Waals surface area contributed by atoms with E-state index < -0.39 is 0 Å². The highest BCUT2D eigenvalue weighted by molar-refractivity contribution is 6.31. The van der Waals surface area contributed by atoms with Gasteiger partial charge in [-0.05, 0) is 31.2 Å². The van der Waals surface area contributed by atoms with Gasteiger partial charge in [-0.2, -0.15) is 5.26 Å². The molecule has 0 bridgehead atoms. The summed E-state index contributed by atoms with van der Waals surface area (Å²) >= 11 is 5.87. The van der Waals surface area contributed by atoms with E-state index in [-0.39, 0.29) is 11.8 Å². The summed E-state index contributed by atoms with van der Waals surface area (Å²) in [7, 11) is 0. The fourth-order valence-electron chi connectivity index (χ4n) is 2.35. The number of ether oxygens (including phenoxy) is 1. The number of nitrogens with zero attached hydrogens (tertiary/aromatic N) is 3. The second-order valence-corrected chi connectivity index (χ2v) is 5.62. The van der Waals surface area contributed by atoms with Gasteiger partial charge in [0.2, 0.25) is 0 Å². The summed E-state index contributed by atoms with van der Waals surface area (Å²) in [5.41, 5.74) is 1.04. The van der Waals surface area contributed by atoms with Crippen LogP contribution >= 0.6 is 11.6 Å². The zero-order valence-electron chi connectivity index (χ0n) is 12.4. The van der Waals surface area contributed by atoms with E-state index in [1.807, 2.05) is 18.2 Å². The molecule has 0 aromatic carbocycles. The number of hydrogen-bond acceptors (Lipinski definition) is 6. The Kier molecular flexibility index (Phi) is 4.91. The highest BCUT2D eigenvalue weighted by atomic mass is 35.5. The number of pyridine rings is 2. The van der Waals surface area contributed by atoms with Gasteiger partial charge in [0.25, 0.3) is 0 Å². The van der Waals surface area contributed by atoms with E-state index >= 15 is 0 Å². The highest BCUT2D eigenvalue weighted by Gasteiger charge is 2.16. The molecule has 2 aromatic rings. The van der Waals surface area contributed by atoms with Crippen molar-refractivity contribution >= 4 is 17.4 Å². The lowest BCUT2D eigenvalue weighted by molar-refractivity contribution is 0.222. The summed E-state index contributed by atoms with van der Waals surface area (Å²) in [5.74, 6) is 1.39. The number of nitriles is 1. The maximum atomic E-state index is 8.94. The summed E-state index contributed by atoms with van der Waals surface area (Å²) in [6, 6.07) is 9.10. The molecular formula is C16H16ClN5O. The first-order chi connectivity index (χ1) is 11.2.